The Kier molecular flexibility index (Phi) is 6.11. The molecule has 170 valence electrons. The van der Waals surface area contributed by atoms with Crippen molar-refractivity contribution in [2.45, 2.75) is 50.8 Å². The number of nitrogens with zero attached hydrogens (tertiary/aromatic N) is 1. The maximum Gasteiger partial charge on any atom is 0.410 e. The summed E-state index contributed by atoms with van der Waals surface area (Å²) in [4.78, 5) is 26.6. The monoisotopic (exact) mass is 437 g/mol. The standard InChI is InChI=1S/C25H31N3O4/c1-25(2,3)32-24(30)28-13-12-21(26)22(14-28)27-23(29)31-15-20-18-10-6-4-8-16(18)17-9-5-7-11-19(17)20/h4-11,20-22H,12-15,26H2,1-3H3,(H,27,29). The van der Waals surface area contributed by atoms with E-state index >= 15 is 0 Å². The number of amides is 2. The molecule has 1 aliphatic heterocycles. The first-order valence-corrected chi connectivity index (χ1v) is 11.1. The van der Waals surface area contributed by atoms with Crippen LogP contribution in [0.25, 0.3) is 11.1 Å². The maximum absolute atomic E-state index is 12.6. The van der Waals surface area contributed by atoms with Gasteiger partial charge in [-0.1, -0.05) is 48.5 Å². The van der Waals surface area contributed by atoms with Gasteiger partial charge in [0.15, 0.2) is 0 Å². The Morgan fingerprint density at radius 2 is 1.66 bits per heavy atom. The number of piperidine rings is 1. The molecule has 0 bridgehead atoms. The molecule has 0 radical (unpaired) electrons. The number of likely N-dealkylation sites (tertiary alicyclic amines) is 1. The van der Waals surface area contributed by atoms with Crippen LogP contribution in [-0.2, 0) is 9.47 Å². The van der Waals surface area contributed by atoms with E-state index in [9.17, 15) is 9.59 Å². The summed E-state index contributed by atoms with van der Waals surface area (Å²) < 4.78 is 11.1. The Morgan fingerprint density at radius 3 is 2.25 bits per heavy atom. The molecule has 1 saturated heterocycles. The highest BCUT2D eigenvalue weighted by molar-refractivity contribution is 5.79. The summed E-state index contributed by atoms with van der Waals surface area (Å²) in [6, 6.07) is 15.8. The third kappa shape index (κ3) is 4.72. The summed E-state index contributed by atoms with van der Waals surface area (Å²) in [6.45, 7) is 6.50. The summed E-state index contributed by atoms with van der Waals surface area (Å²) >= 11 is 0. The van der Waals surface area contributed by atoms with Gasteiger partial charge in [-0.05, 0) is 49.4 Å². The number of fused-ring (bicyclic) bond motifs is 3. The number of hydrogen-bond donors (Lipinski definition) is 2. The van der Waals surface area contributed by atoms with Gasteiger partial charge in [0.25, 0.3) is 0 Å². The Hall–Kier alpha value is -3.06. The van der Waals surface area contributed by atoms with E-state index in [4.69, 9.17) is 15.2 Å². The number of carbonyl (C=O) groups is 2. The molecule has 1 aliphatic carbocycles. The molecule has 1 fully saturated rings. The number of rotatable bonds is 3. The maximum atomic E-state index is 12.6. The van der Waals surface area contributed by atoms with Crippen LogP contribution in [0, 0.1) is 0 Å². The van der Waals surface area contributed by atoms with Crippen molar-refractivity contribution < 1.29 is 19.1 Å². The first-order chi connectivity index (χ1) is 15.2. The average Bonchev–Trinajstić information content (AvgIpc) is 3.06. The molecule has 32 heavy (non-hydrogen) atoms. The zero-order chi connectivity index (χ0) is 22.9. The van der Waals surface area contributed by atoms with Crippen LogP contribution in [0.3, 0.4) is 0 Å². The van der Waals surface area contributed by atoms with Crippen molar-refractivity contribution in [1.82, 2.24) is 10.2 Å². The second kappa shape index (κ2) is 8.82. The van der Waals surface area contributed by atoms with E-state index < -0.39 is 23.8 Å². The summed E-state index contributed by atoms with van der Waals surface area (Å²) in [5.74, 6) is -0.00792. The highest BCUT2D eigenvalue weighted by Gasteiger charge is 2.34. The van der Waals surface area contributed by atoms with E-state index in [1.165, 1.54) is 11.1 Å². The van der Waals surface area contributed by atoms with Crippen molar-refractivity contribution in [1.29, 1.82) is 0 Å². The van der Waals surface area contributed by atoms with Gasteiger partial charge in [0, 0.05) is 25.0 Å². The number of hydrogen-bond acceptors (Lipinski definition) is 5. The SMILES string of the molecule is CC(C)(C)OC(=O)N1CCC(N)C(NC(=O)OCC2c3ccccc3-c3ccccc32)C1. The number of nitrogens with one attached hydrogen (secondary N) is 1. The van der Waals surface area contributed by atoms with Crippen molar-refractivity contribution in [3.63, 3.8) is 0 Å². The predicted octanol–water partition coefficient (Wildman–Crippen LogP) is 3.86. The molecule has 7 nitrogen and oxygen atoms in total. The topological polar surface area (TPSA) is 93.9 Å². The van der Waals surface area contributed by atoms with Gasteiger partial charge in [0.1, 0.15) is 12.2 Å². The fraction of sp³-hybridized carbons (Fsp3) is 0.440. The number of benzene rings is 2. The molecule has 2 unspecified atom stereocenters. The zero-order valence-electron chi connectivity index (χ0n) is 18.8. The Bertz CT molecular complexity index is 955. The first kappa shape index (κ1) is 22.1. The van der Waals surface area contributed by atoms with E-state index in [2.05, 4.69) is 29.6 Å². The van der Waals surface area contributed by atoms with Gasteiger partial charge in [0.05, 0.1) is 6.04 Å². The fourth-order valence-corrected chi connectivity index (χ4v) is 4.41. The molecule has 2 aromatic rings. The second-order valence-corrected chi connectivity index (χ2v) is 9.46. The van der Waals surface area contributed by atoms with Crippen molar-refractivity contribution in [2.24, 2.45) is 5.73 Å². The van der Waals surface area contributed by atoms with Gasteiger partial charge < -0.3 is 25.4 Å². The van der Waals surface area contributed by atoms with Crippen LogP contribution in [0.4, 0.5) is 9.59 Å². The fourth-order valence-electron chi connectivity index (χ4n) is 4.41. The lowest BCUT2D eigenvalue weighted by atomic mass is 9.98. The van der Waals surface area contributed by atoms with Crippen LogP contribution < -0.4 is 11.1 Å². The minimum atomic E-state index is -0.577. The number of nitrogens with two attached hydrogens (primary N) is 1. The normalized spacial score (nSPS) is 20.3. The molecular formula is C25H31N3O4. The molecule has 4 rings (SSSR count). The second-order valence-electron chi connectivity index (χ2n) is 9.46. The van der Waals surface area contributed by atoms with E-state index in [1.54, 1.807) is 4.90 Å². The predicted molar refractivity (Wildman–Crippen MR) is 122 cm³/mol. The molecule has 0 aromatic heterocycles. The van der Waals surface area contributed by atoms with Crippen LogP contribution in [0.1, 0.15) is 44.2 Å². The summed E-state index contributed by atoms with van der Waals surface area (Å²) in [5.41, 5.74) is 10.3. The summed E-state index contributed by atoms with van der Waals surface area (Å²) in [7, 11) is 0. The molecule has 2 amide bonds. The lowest BCUT2D eigenvalue weighted by Gasteiger charge is -2.37. The van der Waals surface area contributed by atoms with Crippen LogP contribution in [0.2, 0.25) is 0 Å². The lowest BCUT2D eigenvalue weighted by molar-refractivity contribution is 0.0170. The van der Waals surface area contributed by atoms with Crippen molar-refractivity contribution in [3.8, 4) is 11.1 Å². The zero-order valence-corrected chi connectivity index (χ0v) is 18.8. The van der Waals surface area contributed by atoms with Crippen molar-refractivity contribution in [3.05, 3.63) is 59.7 Å². The quantitative estimate of drug-likeness (QED) is 0.760. The van der Waals surface area contributed by atoms with Gasteiger partial charge in [-0.2, -0.15) is 0 Å². The molecule has 1 heterocycles. The minimum Gasteiger partial charge on any atom is -0.449 e. The number of alkyl carbamates (subject to hydrolysis) is 1. The number of ether oxygens (including phenoxy) is 2. The van der Waals surface area contributed by atoms with E-state index in [1.807, 2.05) is 45.0 Å². The Balaban J connectivity index is 1.37. The van der Waals surface area contributed by atoms with Gasteiger partial charge in [0.2, 0.25) is 0 Å². The highest BCUT2D eigenvalue weighted by atomic mass is 16.6. The molecule has 0 saturated carbocycles. The third-order valence-electron chi connectivity index (χ3n) is 5.96. The molecule has 2 aliphatic rings. The Morgan fingerprint density at radius 1 is 1.06 bits per heavy atom. The van der Waals surface area contributed by atoms with E-state index in [-0.39, 0.29) is 18.6 Å². The Labute approximate surface area is 188 Å². The van der Waals surface area contributed by atoms with Gasteiger partial charge in [-0.3, -0.25) is 0 Å². The van der Waals surface area contributed by atoms with Crippen LogP contribution in [0.15, 0.2) is 48.5 Å². The van der Waals surface area contributed by atoms with Crippen molar-refractivity contribution in [2.75, 3.05) is 19.7 Å². The molecule has 0 spiro atoms. The van der Waals surface area contributed by atoms with Crippen LogP contribution in [0.5, 0.6) is 0 Å². The van der Waals surface area contributed by atoms with E-state index in [0.29, 0.717) is 19.5 Å². The van der Waals surface area contributed by atoms with Crippen molar-refractivity contribution >= 4 is 12.2 Å². The third-order valence-corrected chi connectivity index (χ3v) is 5.96. The average molecular weight is 438 g/mol. The first-order valence-electron chi connectivity index (χ1n) is 11.1. The molecule has 3 N–H and O–H groups in total. The van der Waals surface area contributed by atoms with Gasteiger partial charge >= 0.3 is 12.2 Å². The van der Waals surface area contributed by atoms with Crippen LogP contribution in [-0.4, -0.2) is 54.5 Å². The number of carbonyl (C=O) groups excluding carboxylic acids is 2. The summed E-state index contributed by atoms with van der Waals surface area (Å²) in [6.07, 6.45) is -0.352. The smallest absolute Gasteiger partial charge is 0.410 e. The highest BCUT2D eigenvalue weighted by Crippen LogP contribution is 2.44. The van der Waals surface area contributed by atoms with Gasteiger partial charge in [-0.15, -0.1) is 0 Å². The lowest BCUT2D eigenvalue weighted by Crippen LogP contribution is -2.59. The van der Waals surface area contributed by atoms with Gasteiger partial charge in [-0.25, -0.2) is 9.59 Å². The van der Waals surface area contributed by atoms with E-state index in [0.717, 1.165) is 11.1 Å². The van der Waals surface area contributed by atoms with Crippen LogP contribution >= 0.6 is 0 Å². The molecule has 2 atom stereocenters. The molecule has 7 heteroatoms. The molecular weight excluding hydrogens is 406 g/mol. The minimum absolute atomic E-state index is 0.00792. The molecule has 2 aromatic carbocycles. The summed E-state index contributed by atoms with van der Waals surface area (Å²) in [5, 5.41) is 2.85. The largest absolute Gasteiger partial charge is 0.449 e.